The van der Waals surface area contributed by atoms with Gasteiger partial charge in [0, 0.05) is 12.8 Å². The Labute approximate surface area is 96.2 Å². The minimum Gasteiger partial charge on any atom is -0.465 e. The van der Waals surface area contributed by atoms with E-state index in [4.69, 9.17) is 4.42 Å². The maximum Gasteiger partial charge on any atom is 0.151 e. The highest BCUT2D eigenvalue weighted by Gasteiger charge is 2.30. The van der Waals surface area contributed by atoms with Crippen molar-refractivity contribution >= 4 is 9.84 Å². The van der Waals surface area contributed by atoms with Gasteiger partial charge in [0.1, 0.15) is 11.5 Å². The summed E-state index contributed by atoms with van der Waals surface area (Å²) >= 11 is 0. The first-order valence-corrected chi connectivity index (χ1v) is 7.37. The van der Waals surface area contributed by atoms with E-state index in [0.29, 0.717) is 13.1 Å². The zero-order valence-corrected chi connectivity index (χ0v) is 10.5. The molecule has 0 amide bonds. The van der Waals surface area contributed by atoms with Crippen LogP contribution in [-0.2, 0) is 16.4 Å². The van der Waals surface area contributed by atoms with Crippen LogP contribution in [0.25, 0.3) is 0 Å². The molecule has 5 heteroatoms. The van der Waals surface area contributed by atoms with Crippen LogP contribution in [0.5, 0.6) is 0 Å². The molecule has 0 N–H and O–H groups in total. The molecule has 4 nitrogen and oxygen atoms in total. The Balaban J connectivity index is 1.95. The number of aryl methyl sites for hydroxylation is 1. The van der Waals surface area contributed by atoms with E-state index >= 15 is 0 Å². The third-order valence-corrected chi connectivity index (χ3v) is 4.61. The normalized spacial score (nSPS) is 22.8. The SMILES string of the molecule is Cc1ccc(CN2CCC(S(C)(=O)=O)C2)o1. The van der Waals surface area contributed by atoms with E-state index < -0.39 is 9.84 Å². The Hall–Kier alpha value is -0.810. The van der Waals surface area contributed by atoms with Crippen LogP contribution in [0.15, 0.2) is 16.5 Å². The average Bonchev–Trinajstić information content (AvgIpc) is 2.74. The molecular weight excluding hydrogens is 226 g/mol. The van der Waals surface area contributed by atoms with Gasteiger partial charge in [-0.2, -0.15) is 0 Å². The molecule has 2 rings (SSSR count). The van der Waals surface area contributed by atoms with Gasteiger partial charge in [-0.05, 0) is 32.0 Å². The topological polar surface area (TPSA) is 50.5 Å². The second-order valence-electron chi connectivity index (χ2n) is 4.49. The molecule has 90 valence electrons. The zero-order valence-electron chi connectivity index (χ0n) is 9.64. The Morgan fingerprint density at radius 1 is 1.50 bits per heavy atom. The van der Waals surface area contributed by atoms with Gasteiger partial charge < -0.3 is 4.42 Å². The number of hydrogen-bond acceptors (Lipinski definition) is 4. The molecule has 16 heavy (non-hydrogen) atoms. The molecule has 0 aromatic carbocycles. The first-order valence-electron chi connectivity index (χ1n) is 5.41. The number of sulfone groups is 1. The predicted octanol–water partition coefficient (Wildman–Crippen LogP) is 1.21. The van der Waals surface area contributed by atoms with E-state index in [0.717, 1.165) is 24.5 Å². The molecule has 2 heterocycles. The lowest BCUT2D eigenvalue weighted by atomic mass is 10.4. The molecule has 0 aliphatic carbocycles. The third kappa shape index (κ3) is 2.65. The average molecular weight is 243 g/mol. The molecule has 1 saturated heterocycles. The van der Waals surface area contributed by atoms with Crippen molar-refractivity contribution in [3.05, 3.63) is 23.7 Å². The minimum atomic E-state index is -2.89. The number of furan rings is 1. The number of rotatable bonds is 3. The van der Waals surface area contributed by atoms with Crippen LogP contribution in [0.2, 0.25) is 0 Å². The van der Waals surface area contributed by atoms with Gasteiger partial charge >= 0.3 is 0 Å². The zero-order chi connectivity index (χ0) is 11.8. The largest absolute Gasteiger partial charge is 0.465 e. The van der Waals surface area contributed by atoms with Crippen molar-refractivity contribution in [3.63, 3.8) is 0 Å². The van der Waals surface area contributed by atoms with E-state index in [1.807, 2.05) is 19.1 Å². The summed E-state index contributed by atoms with van der Waals surface area (Å²) in [5.41, 5.74) is 0. The van der Waals surface area contributed by atoms with Crippen LogP contribution >= 0.6 is 0 Å². The van der Waals surface area contributed by atoms with E-state index in [2.05, 4.69) is 4.90 Å². The van der Waals surface area contributed by atoms with Crippen molar-refractivity contribution in [1.29, 1.82) is 0 Å². The van der Waals surface area contributed by atoms with Gasteiger partial charge in [-0.25, -0.2) is 8.42 Å². The van der Waals surface area contributed by atoms with Gasteiger partial charge in [-0.1, -0.05) is 0 Å². The molecule has 1 aromatic rings. The summed E-state index contributed by atoms with van der Waals surface area (Å²) in [5, 5.41) is -0.205. The molecule has 1 aromatic heterocycles. The summed E-state index contributed by atoms with van der Waals surface area (Å²) in [6, 6.07) is 3.88. The number of hydrogen-bond donors (Lipinski definition) is 0. The van der Waals surface area contributed by atoms with Crippen LogP contribution < -0.4 is 0 Å². The Bertz CT molecular complexity index is 463. The smallest absolute Gasteiger partial charge is 0.151 e. The fourth-order valence-corrected chi connectivity index (χ4v) is 3.10. The van der Waals surface area contributed by atoms with Crippen molar-refractivity contribution in [2.75, 3.05) is 19.3 Å². The maximum absolute atomic E-state index is 11.4. The predicted molar refractivity (Wildman–Crippen MR) is 62.0 cm³/mol. The lowest BCUT2D eigenvalue weighted by molar-refractivity contribution is 0.295. The Morgan fingerprint density at radius 3 is 2.75 bits per heavy atom. The highest BCUT2D eigenvalue weighted by molar-refractivity contribution is 7.91. The first-order chi connectivity index (χ1) is 7.45. The maximum atomic E-state index is 11.4. The van der Waals surface area contributed by atoms with Crippen LogP contribution in [0.3, 0.4) is 0 Å². The minimum absolute atomic E-state index is 0.205. The molecule has 1 aliphatic rings. The third-order valence-electron chi connectivity index (χ3n) is 3.01. The van der Waals surface area contributed by atoms with Crippen molar-refractivity contribution in [3.8, 4) is 0 Å². The van der Waals surface area contributed by atoms with E-state index in [-0.39, 0.29) is 5.25 Å². The summed E-state index contributed by atoms with van der Waals surface area (Å²) in [6.07, 6.45) is 2.05. The van der Waals surface area contributed by atoms with Crippen LogP contribution in [0, 0.1) is 6.92 Å². The summed E-state index contributed by atoms with van der Waals surface area (Å²) in [7, 11) is -2.89. The lowest BCUT2D eigenvalue weighted by Gasteiger charge is -2.13. The summed E-state index contributed by atoms with van der Waals surface area (Å²) in [4.78, 5) is 2.13. The van der Waals surface area contributed by atoms with Crippen molar-refractivity contribution < 1.29 is 12.8 Å². The van der Waals surface area contributed by atoms with Gasteiger partial charge in [0.2, 0.25) is 0 Å². The molecule has 0 spiro atoms. The fourth-order valence-electron chi connectivity index (χ4n) is 2.08. The number of likely N-dealkylation sites (tertiary alicyclic amines) is 1. The Kier molecular flexibility index (Phi) is 3.08. The summed E-state index contributed by atoms with van der Waals surface area (Å²) < 4.78 is 28.2. The lowest BCUT2D eigenvalue weighted by Crippen LogP contribution is -2.25. The van der Waals surface area contributed by atoms with Gasteiger partial charge in [0.15, 0.2) is 9.84 Å². The molecule has 1 atom stereocenters. The van der Waals surface area contributed by atoms with Crippen LogP contribution in [0.4, 0.5) is 0 Å². The second kappa shape index (κ2) is 4.22. The molecule has 0 saturated carbocycles. The fraction of sp³-hybridized carbons (Fsp3) is 0.636. The van der Waals surface area contributed by atoms with Crippen molar-refractivity contribution in [2.24, 2.45) is 0 Å². The van der Waals surface area contributed by atoms with Crippen molar-refractivity contribution in [1.82, 2.24) is 4.90 Å². The second-order valence-corrected chi connectivity index (χ2v) is 6.81. The van der Waals surface area contributed by atoms with Gasteiger partial charge in [-0.15, -0.1) is 0 Å². The Morgan fingerprint density at radius 2 is 2.25 bits per heavy atom. The quantitative estimate of drug-likeness (QED) is 0.800. The van der Waals surface area contributed by atoms with Crippen molar-refractivity contribution in [2.45, 2.75) is 25.1 Å². The van der Waals surface area contributed by atoms with Crippen LogP contribution in [-0.4, -0.2) is 37.9 Å². The molecule has 1 unspecified atom stereocenters. The van der Waals surface area contributed by atoms with Gasteiger partial charge in [0.25, 0.3) is 0 Å². The van der Waals surface area contributed by atoms with Crippen LogP contribution in [0.1, 0.15) is 17.9 Å². The first kappa shape index (κ1) is 11.7. The van der Waals surface area contributed by atoms with Gasteiger partial charge in [-0.3, -0.25) is 4.90 Å². The highest BCUT2D eigenvalue weighted by atomic mass is 32.2. The molecule has 1 fully saturated rings. The molecular formula is C11H17NO3S. The summed E-state index contributed by atoms with van der Waals surface area (Å²) in [6.45, 7) is 4.07. The molecule has 0 radical (unpaired) electrons. The summed E-state index contributed by atoms with van der Waals surface area (Å²) in [5.74, 6) is 1.81. The standard InChI is InChI=1S/C11H17NO3S/c1-9-3-4-10(15-9)7-12-6-5-11(8-12)16(2,13)14/h3-4,11H,5-8H2,1-2H3. The van der Waals surface area contributed by atoms with E-state index in [9.17, 15) is 8.42 Å². The molecule has 1 aliphatic heterocycles. The number of nitrogens with zero attached hydrogens (tertiary/aromatic N) is 1. The van der Waals surface area contributed by atoms with E-state index in [1.165, 1.54) is 6.26 Å². The van der Waals surface area contributed by atoms with E-state index in [1.54, 1.807) is 0 Å². The monoisotopic (exact) mass is 243 g/mol. The highest BCUT2D eigenvalue weighted by Crippen LogP contribution is 2.19. The van der Waals surface area contributed by atoms with Gasteiger partial charge in [0.05, 0.1) is 11.8 Å². The molecule has 0 bridgehead atoms.